The summed E-state index contributed by atoms with van der Waals surface area (Å²) in [5.41, 5.74) is -0.600. The lowest BCUT2D eigenvalue weighted by Crippen LogP contribution is -2.29. The first-order valence-corrected chi connectivity index (χ1v) is 5.88. The van der Waals surface area contributed by atoms with Crippen LogP contribution in [0, 0.1) is 11.3 Å². The van der Waals surface area contributed by atoms with Crippen LogP contribution < -0.4 is 4.90 Å². The number of hydrogen-bond donors (Lipinski definition) is 0. The molecule has 1 fully saturated rings. The maximum atomic E-state index is 12.8. The number of anilines is 1. The minimum Gasteiger partial charge on any atom is -0.372 e. The van der Waals surface area contributed by atoms with E-state index in [1.807, 2.05) is 4.90 Å². The largest absolute Gasteiger partial charge is 0.417 e. The molecule has 0 unspecified atom stereocenters. The molecule has 96 valence electrons. The molecular weight excluding hydrogens is 241 g/mol. The van der Waals surface area contributed by atoms with Gasteiger partial charge in [0.05, 0.1) is 17.2 Å². The second-order valence-electron chi connectivity index (χ2n) is 4.39. The van der Waals surface area contributed by atoms with E-state index >= 15 is 0 Å². The summed E-state index contributed by atoms with van der Waals surface area (Å²) < 4.78 is 38.4. The van der Waals surface area contributed by atoms with Gasteiger partial charge in [0.15, 0.2) is 0 Å². The Hall–Kier alpha value is -1.70. The molecule has 5 heteroatoms. The number of rotatable bonds is 1. The minimum absolute atomic E-state index is 0.316. The van der Waals surface area contributed by atoms with Crippen molar-refractivity contribution in [2.75, 3.05) is 18.0 Å². The van der Waals surface area contributed by atoms with E-state index in [0.29, 0.717) is 5.69 Å². The molecule has 0 aliphatic carbocycles. The van der Waals surface area contributed by atoms with Gasteiger partial charge in [0, 0.05) is 18.8 Å². The zero-order valence-electron chi connectivity index (χ0n) is 9.80. The zero-order chi connectivity index (χ0) is 13.2. The van der Waals surface area contributed by atoms with E-state index in [2.05, 4.69) is 0 Å². The van der Waals surface area contributed by atoms with Gasteiger partial charge >= 0.3 is 6.18 Å². The molecule has 1 heterocycles. The summed E-state index contributed by atoms with van der Waals surface area (Å²) in [5, 5.41) is 8.72. The molecule has 2 nitrogen and oxygen atoms in total. The van der Waals surface area contributed by atoms with E-state index in [9.17, 15) is 13.2 Å². The summed E-state index contributed by atoms with van der Waals surface area (Å²) in [6, 6.07) is 5.53. The molecule has 1 aliphatic rings. The highest BCUT2D eigenvalue weighted by atomic mass is 19.4. The molecule has 2 rings (SSSR count). The van der Waals surface area contributed by atoms with Gasteiger partial charge in [-0.2, -0.15) is 18.4 Å². The molecule has 1 aromatic rings. The Kier molecular flexibility index (Phi) is 3.46. The maximum Gasteiger partial charge on any atom is 0.417 e. The van der Waals surface area contributed by atoms with Crippen molar-refractivity contribution >= 4 is 5.69 Å². The van der Waals surface area contributed by atoms with Gasteiger partial charge in [-0.05, 0) is 37.5 Å². The summed E-state index contributed by atoms with van der Waals surface area (Å²) in [4.78, 5) is 1.94. The average Bonchev–Trinajstić information content (AvgIpc) is 2.38. The minimum atomic E-state index is -4.48. The molecule has 1 saturated heterocycles. The predicted molar refractivity (Wildman–Crippen MR) is 62.2 cm³/mol. The topological polar surface area (TPSA) is 27.0 Å². The van der Waals surface area contributed by atoms with Crippen LogP contribution in [-0.2, 0) is 6.18 Å². The average molecular weight is 254 g/mol. The van der Waals surface area contributed by atoms with Gasteiger partial charge in [-0.15, -0.1) is 0 Å². The molecule has 0 spiro atoms. The van der Waals surface area contributed by atoms with Crippen molar-refractivity contribution in [3.8, 4) is 6.07 Å². The van der Waals surface area contributed by atoms with Crippen LogP contribution in [0.3, 0.4) is 0 Å². The van der Waals surface area contributed by atoms with Gasteiger partial charge in [0.1, 0.15) is 0 Å². The predicted octanol–water partition coefficient (Wildman–Crippen LogP) is 3.57. The second kappa shape index (κ2) is 4.89. The first kappa shape index (κ1) is 12.7. The van der Waals surface area contributed by atoms with Crippen molar-refractivity contribution in [1.29, 1.82) is 5.26 Å². The fraction of sp³-hybridized carbons (Fsp3) is 0.462. The van der Waals surface area contributed by atoms with Crippen LogP contribution in [-0.4, -0.2) is 13.1 Å². The third-order valence-corrected chi connectivity index (χ3v) is 3.15. The molecule has 18 heavy (non-hydrogen) atoms. The van der Waals surface area contributed by atoms with E-state index in [1.54, 1.807) is 12.1 Å². The van der Waals surface area contributed by atoms with Gasteiger partial charge < -0.3 is 4.90 Å². The molecular formula is C13H13F3N2. The fourth-order valence-electron chi connectivity index (χ4n) is 2.21. The third kappa shape index (κ3) is 2.58. The smallest absolute Gasteiger partial charge is 0.372 e. The van der Waals surface area contributed by atoms with Crippen molar-refractivity contribution in [2.45, 2.75) is 25.4 Å². The highest BCUT2D eigenvalue weighted by molar-refractivity contribution is 5.55. The number of piperidine rings is 1. The third-order valence-electron chi connectivity index (χ3n) is 3.15. The zero-order valence-corrected chi connectivity index (χ0v) is 9.80. The first-order valence-electron chi connectivity index (χ1n) is 5.88. The SMILES string of the molecule is N#Cc1ccc(N2CCCCC2)cc1C(F)(F)F. The lowest BCUT2D eigenvalue weighted by Gasteiger charge is -2.29. The van der Waals surface area contributed by atoms with Gasteiger partial charge in [0.2, 0.25) is 0 Å². The number of alkyl halides is 3. The summed E-state index contributed by atoms with van der Waals surface area (Å²) in [7, 11) is 0. The van der Waals surface area contributed by atoms with Crippen molar-refractivity contribution in [3.05, 3.63) is 29.3 Å². The van der Waals surface area contributed by atoms with E-state index in [-0.39, 0.29) is 5.56 Å². The summed E-state index contributed by atoms with van der Waals surface area (Å²) in [6.45, 7) is 1.56. The molecule has 1 aromatic carbocycles. The number of hydrogen-bond acceptors (Lipinski definition) is 2. The maximum absolute atomic E-state index is 12.8. The highest BCUT2D eigenvalue weighted by Crippen LogP contribution is 2.34. The Morgan fingerprint density at radius 3 is 2.33 bits per heavy atom. The second-order valence-corrected chi connectivity index (χ2v) is 4.39. The van der Waals surface area contributed by atoms with Crippen molar-refractivity contribution in [1.82, 2.24) is 0 Å². The number of halogens is 3. The van der Waals surface area contributed by atoms with E-state index < -0.39 is 11.7 Å². The van der Waals surface area contributed by atoms with E-state index in [4.69, 9.17) is 5.26 Å². The molecule has 0 amide bonds. The molecule has 0 saturated carbocycles. The Bertz CT molecular complexity index is 468. The van der Waals surface area contributed by atoms with Crippen LogP contribution in [0.15, 0.2) is 18.2 Å². The van der Waals surface area contributed by atoms with Gasteiger partial charge in [-0.1, -0.05) is 0 Å². The Labute approximate surface area is 104 Å². The Morgan fingerprint density at radius 2 is 1.78 bits per heavy atom. The van der Waals surface area contributed by atoms with Crippen molar-refractivity contribution < 1.29 is 13.2 Å². The van der Waals surface area contributed by atoms with Crippen LogP contribution in [0.5, 0.6) is 0 Å². The van der Waals surface area contributed by atoms with Gasteiger partial charge in [-0.3, -0.25) is 0 Å². The molecule has 1 aliphatic heterocycles. The standard InChI is InChI=1S/C13H13F3N2/c14-13(15,16)12-8-11(5-4-10(12)9-17)18-6-2-1-3-7-18/h4-5,8H,1-3,6-7H2. The molecule has 0 radical (unpaired) electrons. The number of nitrogens with zero attached hydrogens (tertiary/aromatic N) is 2. The molecule has 0 atom stereocenters. The summed E-state index contributed by atoms with van der Waals surface area (Å²) in [5.74, 6) is 0. The quantitative estimate of drug-likeness (QED) is 0.766. The summed E-state index contributed by atoms with van der Waals surface area (Å²) >= 11 is 0. The number of nitriles is 1. The normalized spacial score (nSPS) is 16.4. The monoisotopic (exact) mass is 254 g/mol. The first-order chi connectivity index (χ1) is 8.52. The molecule has 0 N–H and O–H groups in total. The lowest BCUT2D eigenvalue weighted by atomic mass is 10.0. The summed E-state index contributed by atoms with van der Waals surface area (Å²) in [6.07, 6.45) is -1.35. The Morgan fingerprint density at radius 1 is 1.11 bits per heavy atom. The lowest BCUT2D eigenvalue weighted by molar-refractivity contribution is -0.137. The fourth-order valence-corrected chi connectivity index (χ4v) is 2.21. The van der Waals surface area contributed by atoms with E-state index in [1.165, 1.54) is 6.07 Å². The molecule has 0 aromatic heterocycles. The van der Waals surface area contributed by atoms with Gasteiger partial charge in [0.25, 0.3) is 0 Å². The van der Waals surface area contributed by atoms with Crippen molar-refractivity contribution in [3.63, 3.8) is 0 Å². The number of benzene rings is 1. The van der Waals surface area contributed by atoms with Gasteiger partial charge in [-0.25, -0.2) is 0 Å². The van der Waals surface area contributed by atoms with Crippen LogP contribution in [0.25, 0.3) is 0 Å². The van der Waals surface area contributed by atoms with E-state index in [0.717, 1.165) is 38.4 Å². The van der Waals surface area contributed by atoms with Crippen LogP contribution in [0.4, 0.5) is 18.9 Å². The molecule has 0 bridgehead atoms. The van der Waals surface area contributed by atoms with Crippen LogP contribution in [0.1, 0.15) is 30.4 Å². The van der Waals surface area contributed by atoms with Crippen LogP contribution >= 0.6 is 0 Å². The highest BCUT2D eigenvalue weighted by Gasteiger charge is 2.34. The Balaban J connectivity index is 2.37. The van der Waals surface area contributed by atoms with Crippen LogP contribution in [0.2, 0.25) is 0 Å². The van der Waals surface area contributed by atoms with Crippen molar-refractivity contribution in [2.24, 2.45) is 0 Å².